The third-order valence-corrected chi connectivity index (χ3v) is 4.06. The molecule has 0 saturated heterocycles. The summed E-state index contributed by atoms with van der Waals surface area (Å²) in [6.45, 7) is 3.92. The summed E-state index contributed by atoms with van der Waals surface area (Å²) in [5, 5.41) is 3.41. The SMILES string of the molecule is CCC/C=C/CCCCCCCCC1NC=CN1CCN. The summed E-state index contributed by atoms with van der Waals surface area (Å²) in [5.41, 5.74) is 5.62. The van der Waals surface area contributed by atoms with Crippen molar-refractivity contribution < 1.29 is 0 Å². The second kappa shape index (κ2) is 12.8. The third kappa shape index (κ3) is 8.82. The van der Waals surface area contributed by atoms with Crippen molar-refractivity contribution in [3.63, 3.8) is 0 Å². The molecule has 0 aliphatic carbocycles. The average molecular weight is 293 g/mol. The molecule has 0 aromatic carbocycles. The summed E-state index contributed by atoms with van der Waals surface area (Å²) in [6.07, 6.45) is 22.6. The molecule has 0 saturated carbocycles. The lowest BCUT2D eigenvalue weighted by Gasteiger charge is -2.25. The van der Waals surface area contributed by atoms with E-state index in [0.717, 1.165) is 13.1 Å². The Kier molecular flexibility index (Phi) is 11.0. The summed E-state index contributed by atoms with van der Waals surface area (Å²) in [4.78, 5) is 2.32. The minimum atomic E-state index is 0.484. The molecule has 1 atom stereocenters. The quantitative estimate of drug-likeness (QED) is 0.396. The lowest BCUT2D eigenvalue weighted by molar-refractivity contribution is 0.264. The first-order valence-corrected chi connectivity index (χ1v) is 8.92. The van der Waals surface area contributed by atoms with E-state index in [1.807, 2.05) is 6.20 Å². The summed E-state index contributed by atoms with van der Waals surface area (Å²) < 4.78 is 0. The van der Waals surface area contributed by atoms with Crippen LogP contribution in [0.5, 0.6) is 0 Å². The maximum atomic E-state index is 5.62. The summed E-state index contributed by atoms with van der Waals surface area (Å²) in [5.74, 6) is 0. The van der Waals surface area contributed by atoms with Crippen LogP contribution in [-0.2, 0) is 0 Å². The molecule has 122 valence electrons. The smallest absolute Gasteiger partial charge is 0.0981 e. The van der Waals surface area contributed by atoms with Gasteiger partial charge < -0.3 is 16.0 Å². The maximum absolute atomic E-state index is 5.62. The fourth-order valence-corrected chi connectivity index (χ4v) is 2.79. The fourth-order valence-electron chi connectivity index (χ4n) is 2.79. The zero-order valence-corrected chi connectivity index (χ0v) is 13.9. The van der Waals surface area contributed by atoms with Crippen LogP contribution in [0.2, 0.25) is 0 Å². The number of nitrogens with two attached hydrogens (primary N) is 1. The average Bonchev–Trinajstić information content (AvgIpc) is 2.92. The van der Waals surface area contributed by atoms with E-state index in [9.17, 15) is 0 Å². The molecule has 1 aliphatic heterocycles. The minimum absolute atomic E-state index is 0.484. The zero-order chi connectivity index (χ0) is 15.2. The van der Waals surface area contributed by atoms with Gasteiger partial charge in [0.15, 0.2) is 0 Å². The van der Waals surface area contributed by atoms with Crippen molar-refractivity contribution in [2.45, 2.75) is 77.3 Å². The molecule has 0 amide bonds. The molecule has 0 aromatic rings. The van der Waals surface area contributed by atoms with Gasteiger partial charge in [0.25, 0.3) is 0 Å². The second-order valence-electron chi connectivity index (χ2n) is 5.98. The van der Waals surface area contributed by atoms with Gasteiger partial charge in [-0.05, 0) is 32.1 Å². The predicted molar refractivity (Wildman–Crippen MR) is 92.8 cm³/mol. The van der Waals surface area contributed by atoms with Gasteiger partial charge in [0, 0.05) is 25.5 Å². The van der Waals surface area contributed by atoms with E-state index in [4.69, 9.17) is 5.73 Å². The van der Waals surface area contributed by atoms with Crippen molar-refractivity contribution in [3.8, 4) is 0 Å². The van der Waals surface area contributed by atoms with E-state index >= 15 is 0 Å². The molecule has 0 aromatic heterocycles. The van der Waals surface area contributed by atoms with Crippen molar-refractivity contribution in [2.75, 3.05) is 13.1 Å². The highest BCUT2D eigenvalue weighted by Crippen LogP contribution is 2.14. The van der Waals surface area contributed by atoms with E-state index in [1.54, 1.807) is 0 Å². The summed E-state index contributed by atoms with van der Waals surface area (Å²) >= 11 is 0. The Labute approximate surface area is 131 Å². The van der Waals surface area contributed by atoms with Gasteiger partial charge in [-0.1, -0.05) is 51.2 Å². The van der Waals surface area contributed by atoms with Gasteiger partial charge in [0.05, 0.1) is 6.17 Å². The van der Waals surface area contributed by atoms with E-state index in [1.165, 1.54) is 64.2 Å². The maximum Gasteiger partial charge on any atom is 0.0981 e. The van der Waals surface area contributed by atoms with Crippen molar-refractivity contribution in [3.05, 3.63) is 24.6 Å². The van der Waals surface area contributed by atoms with Crippen LogP contribution in [0.15, 0.2) is 24.6 Å². The van der Waals surface area contributed by atoms with Crippen LogP contribution in [0.4, 0.5) is 0 Å². The first-order valence-electron chi connectivity index (χ1n) is 8.92. The van der Waals surface area contributed by atoms with Crippen LogP contribution in [0.1, 0.15) is 71.1 Å². The Morgan fingerprint density at radius 1 is 1.05 bits per heavy atom. The fraction of sp³-hybridized carbons (Fsp3) is 0.778. The van der Waals surface area contributed by atoms with Crippen molar-refractivity contribution in [1.82, 2.24) is 10.2 Å². The summed E-state index contributed by atoms with van der Waals surface area (Å²) in [7, 11) is 0. The van der Waals surface area contributed by atoms with E-state index in [-0.39, 0.29) is 0 Å². The third-order valence-electron chi connectivity index (χ3n) is 4.06. The lowest BCUT2D eigenvalue weighted by Crippen LogP contribution is -2.37. The Balaban J connectivity index is 1.86. The lowest BCUT2D eigenvalue weighted by atomic mass is 10.1. The highest BCUT2D eigenvalue weighted by Gasteiger charge is 2.16. The molecule has 0 fully saturated rings. The van der Waals surface area contributed by atoms with Gasteiger partial charge in [0.2, 0.25) is 0 Å². The van der Waals surface area contributed by atoms with Gasteiger partial charge in [-0.3, -0.25) is 0 Å². The Hall–Kier alpha value is -0.960. The normalized spacial score (nSPS) is 17.8. The van der Waals surface area contributed by atoms with Crippen molar-refractivity contribution in [1.29, 1.82) is 0 Å². The zero-order valence-electron chi connectivity index (χ0n) is 13.9. The Morgan fingerprint density at radius 3 is 2.52 bits per heavy atom. The van der Waals surface area contributed by atoms with Gasteiger partial charge in [-0.25, -0.2) is 0 Å². The minimum Gasteiger partial charge on any atom is -0.370 e. The molecule has 3 N–H and O–H groups in total. The molecule has 0 radical (unpaired) electrons. The summed E-state index contributed by atoms with van der Waals surface area (Å²) in [6, 6.07) is 0. The van der Waals surface area contributed by atoms with Crippen molar-refractivity contribution >= 4 is 0 Å². The molecule has 0 spiro atoms. The number of allylic oxidation sites excluding steroid dienone is 2. The van der Waals surface area contributed by atoms with Crippen LogP contribution in [0.25, 0.3) is 0 Å². The number of nitrogens with one attached hydrogen (secondary N) is 1. The molecular formula is C18H35N3. The Morgan fingerprint density at radius 2 is 1.76 bits per heavy atom. The molecule has 21 heavy (non-hydrogen) atoms. The van der Waals surface area contributed by atoms with Crippen LogP contribution >= 0.6 is 0 Å². The van der Waals surface area contributed by atoms with Crippen LogP contribution < -0.4 is 11.1 Å². The number of unbranched alkanes of at least 4 members (excludes halogenated alkanes) is 7. The van der Waals surface area contributed by atoms with Crippen LogP contribution in [0, 0.1) is 0 Å². The largest absolute Gasteiger partial charge is 0.370 e. The topological polar surface area (TPSA) is 41.3 Å². The molecule has 1 heterocycles. The van der Waals surface area contributed by atoms with E-state index < -0.39 is 0 Å². The monoisotopic (exact) mass is 293 g/mol. The Bertz CT molecular complexity index is 286. The van der Waals surface area contributed by atoms with Crippen LogP contribution in [-0.4, -0.2) is 24.2 Å². The number of rotatable bonds is 13. The predicted octanol–water partition coefficient (Wildman–Crippen LogP) is 4.12. The van der Waals surface area contributed by atoms with Gasteiger partial charge in [0.1, 0.15) is 0 Å². The molecule has 3 heteroatoms. The molecule has 0 bridgehead atoms. The number of hydrogen-bond donors (Lipinski definition) is 2. The molecule has 3 nitrogen and oxygen atoms in total. The number of hydrogen-bond acceptors (Lipinski definition) is 3. The van der Waals surface area contributed by atoms with Crippen LogP contribution in [0.3, 0.4) is 0 Å². The van der Waals surface area contributed by atoms with Gasteiger partial charge in [-0.2, -0.15) is 0 Å². The van der Waals surface area contributed by atoms with Gasteiger partial charge >= 0.3 is 0 Å². The first-order chi connectivity index (χ1) is 10.4. The van der Waals surface area contributed by atoms with E-state index in [0.29, 0.717) is 6.17 Å². The molecule has 1 unspecified atom stereocenters. The molecular weight excluding hydrogens is 258 g/mol. The second-order valence-corrected chi connectivity index (χ2v) is 5.98. The molecule has 1 aliphatic rings. The standard InChI is InChI=1S/C18H35N3/c1-2-3-4-5-6-7-8-9-10-11-12-13-18-20-15-17-21(18)16-14-19/h4-5,15,17-18,20H,2-3,6-14,16,19H2,1H3/b5-4+. The van der Waals surface area contributed by atoms with Crippen molar-refractivity contribution in [2.24, 2.45) is 5.73 Å². The number of nitrogens with zero attached hydrogens (tertiary/aromatic N) is 1. The van der Waals surface area contributed by atoms with Gasteiger partial charge in [-0.15, -0.1) is 0 Å². The highest BCUT2D eigenvalue weighted by molar-refractivity contribution is 4.94. The highest BCUT2D eigenvalue weighted by atomic mass is 15.3. The van der Waals surface area contributed by atoms with E-state index in [2.05, 4.69) is 35.5 Å². The first kappa shape index (κ1) is 18.1. The molecule has 1 rings (SSSR count).